The van der Waals surface area contributed by atoms with E-state index in [0.29, 0.717) is 25.5 Å². The van der Waals surface area contributed by atoms with E-state index in [1.165, 1.54) is 0 Å². The predicted molar refractivity (Wildman–Crippen MR) is 81.5 cm³/mol. The number of carbonyl (C=O) groups is 1. The number of nitrogens with zero attached hydrogens (tertiary/aromatic N) is 1. The molecule has 1 saturated carbocycles. The van der Waals surface area contributed by atoms with Crippen molar-refractivity contribution < 1.29 is 9.53 Å². The van der Waals surface area contributed by atoms with Crippen LogP contribution in [0.1, 0.15) is 25.7 Å². The lowest BCUT2D eigenvalue weighted by Gasteiger charge is -2.30. The molecule has 0 saturated heterocycles. The molecule has 1 aromatic rings. The third kappa shape index (κ3) is 2.91. The number of fused-ring (bicyclic) bond motifs is 1. The fourth-order valence-electron chi connectivity index (χ4n) is 3.08. The second-order valence-corrected chi connectivity index (χ2v) is 5.42. The lowest BCUT2D eigenvalue weighted by atomic mass is 9.99. The summed E-state index contributed by atoms with van der Waals surface area (Å²) in [7, 11) is 0. The summed E-state index contributed by atoms with van der Waals surface area (Å²) < 4.78 is 5.58. The summed E-state index contributed by atoms with van der Waals surface area (Å²) in [5.41, 5.74) is 6.95. The second-order valence-electron chi connectivity index (χ2n) is 5.42. The van der Waals surface area contributed by atoms with Crippen molar-refractivity contribution in [3.05, 3.63) is 24.3 Å². The highest BCUT2D eigenvalue weighted by Crippen LogP contribution is 2.33. The molecule has 1 fully saturated rings. The first kappa shape index (κ1) is 15.1. The molecule has 110 valence electrons. The molecule has 1 heterocycles. The van der Waals surface area contributed by atoms with Crippen molar-refractivity contribution >= 4 is 24.0 Å². The van der Waals surface area contributed by atoms with E-state index in [1.807, 2.05) is 29.2 Å². The summed E-state index contributed by atoms with van der Waals surface area (Å²) in [5.74, 6) is 1.33. The molecule has 2 atom stereocenters. The molecule has 0 bridgehead atoms. The van der Waals surface area contributed by atoms with Gasteiger partial charge in [-0.05, 0) is 30.9 Å². The van der Waals surface area contributed by atoms with Crippen LogP contribution in [0.2, 0.25) is 0 Å². The van der Waals surface area contributed by atoms with Crippen molar-refractivity contribution in [3.8, 4) is 5.75 Å². The van der Waals surface area contributed by atoms with Gasteiger partial charge >= 0.3 is 0 Å². The van der Waals surface area contributed by atoms with Gasteiger partial charge in [0.25, 0.3) is 0 Å². The summed E-state index contributed by atoms with van der Waals surface area (Å²) in [6.45, 7) is 1.21. The van der Waals surface area contributed by atoms with Gasteiger partial charge in [-0.3, -0.25) is 4.79 Å². The molecule has 0 radical (unpaired) electrons. The van der Waals surface area contributed by atoms with Gasteiger partial charge in [0.15, 0.2) is 0 Å². The quantitative estimate of drug-likeness (QED) is 0.911. The van der Waals surface area contributed by atoms with Gasteiger partial charge in [0.1, 0.15) is 12.4 Å². The number of rotatable bonds is 2. The molecule has 1 amide bonds. The van der Waals surface area contributed by atoms with Gasteiger partial charge in [-0.2, -0.15) is 0 Å². The van der Waals surface area contributed by atoms with E-state index in [4.69, 9.17) is 10.5 Å². The Morgan fingerprint density at radius 2 is 2.15 bits per heavy atom. The minimum atomic E-state index is 0. The van der Waals surface area contributed by atoms with Crippen molar-refractivity contribution in [1.82, 2.24) is 0 Å². The van der Waals surface area contributed by atoms with Crippen LogP contribution in [0.3, 0.4) is 0 Å². The minimum absolute atomic E-state index is 0. The largest absolute Gasteiger partial charge is 0.490 e. The van der Waals surface area contributed by atoms with Crippen LogP contribution in [0, 0.1) is 5.92 Å². The Labute approximate surface area is 125 Å². The monoisotopic (exact) mass is 296 g/mol. The van der Waals surface area contributed by atoms with Crippen LogP contribution in [0.25, 0.3) is 0 Å². The molecule has 1 aliphatic carbocycles. The zero-order valence-corrected chi connectivity index (χ0v) is 12.3. The van der Waals surface area contributed by atoms with E-state index in [0.717, 1.165) is 30.7 Å². The Hall–Kier alpha value is -1.26. The smallest absolute Gasteiger partial charge is 0.227 e. The number of hydrogen-bond donors (Lipinski definition) is 1. The molecule has 1 aromatic carbocycles. The summed E-state index contributed by atoms with van der Waals surface area (Å²) in [6, 6.07) is 7.92. The first-order valence-corrected chi connectivity index (χ1v) is 7.03. The van der Waals surface area contributed by atoms with Gasteiger partial charge in [-0.25, -0.2) is 0 Å². The molecular formula is C15H21ClN2O2. The molecule has 4 nitrogen and oxygen atoms in total. The van der Waals surface area contributed by atoms with Gasteiger partial charge < -0.3 is 15.4 Å². The molecule has 20 heavy (non-hydrogen) atoms. The molecule has 0 unspecified atom stereocenters. The number of amides is 1. The number of para-hydroxylation sites is 2. The predicted octanol–water partition coefficient (Wildman–Crippen LogP) is 2.35. The van der Waals surface area contributed by atoms with Crippen LogP contribution in [0.15, 0.2) is 24.3 Å². The number of ether oxygens (including phenoxy) is 1. The van der Waals surface area contributed by atoms with Gasteiger partial charge in [0.05, 0.1) is 12.2 Å². The fourth-order valence-corrected chi connectivity index (χ4v) is 3.08. The molecule has 0 aromatic heterocycles. The van der Waals surface area contributed by atoms with Crippen molar-refractivity contribution in [3.63, 3.8) is 0 Å². The maximum atomic E-state index is 12.5. The summed E-state index contributed by atoms with van der Waals surface area (Å²) in [6.07, 6.45) is 3.85. The van der Waals surface area contributed by atoms with Crippen LogP contribution in [0.5, 0.6) is 5.75 Å². The van der Waals surface area contributed by atoms with Gasteiger partial charge in [0.2, 0.25) is 5.91 Å². The topological polar surface area (TPSA) is 55.6 Å². The van der Waals surface area contributed by atoms with E-state index < -0.39 is 0 Å². The summed E-state index contributed by atoms with van der Waals surface area (Å²) in [5, 5.41) is 0. The number of halogens is 1. The van der Waals surface area contributed by atoms with E-state index in [9.17, 15) is 4.79 Å². The van der Waals surface area contributed by atoms with Crippen molar-refractivity contribution in [2.24, 2.45) is 11.7 Å². The van der Waals surface area contributed by atoms with Crippen LogP contribution >= 0.6 is 12.4 Å². The van der Waals surface area contributed by atoms with Crippen LogP contribution in [-0.4, -0.2) is 25.1 Å². The highest BCUT2D eigenvalue weighted by atomic mass is 35.5. The lowest BCUT2D eigenvalue weighted by molar-refractivity contribution is -0.119. The van der Waals surface area contributed by atoms with E-state index in [2.05, 4.69) is 0 Å². The number of anilines is 1. The SMILES string of the molecule is Cl.N[C@@H]1CCC[C@H]1CC(=O)N1CCOc2ccccc21. The number of hydrogen-bond acceptors (Lipinski definition) is 3. The maximum absolute atomic E-state index is 12.5. The number of benzene rings is 1. The Morgan fingerprint density at radius 3 is 2.90 bits per heavy atom. The normalized spacial score (nSPS) is 24.6. The summed E-state index contributed by atoms with van der Waals surface area (Å²) >= 11 is 0. The lowest BCUT2D eigenvalue weighted by Crippen LogP contribution is -2.40. The minimum Gasteiger partial charge on any atom is -0.490 e. The molecule has 2 aliphatic rings. The van der Waals surface area contributed by atoms with Gasteiger partial charge in [-0.1, -0.05) is 18.6 Å². The molecule has 5 heteroatoms. The van der Waals surface area contributed by atoms with Crippen LogP contribution in [-0.2, 0) is 4.79 Å². The Balaban J connectivity index is 0.00000147. The highest BCUT2D eigenvalue weighted by Gasteiger charge is 2.30. The molecule has 1 aliphatic heterocycles. The summed E-state index contributed by atoms with van der Waals surface area (Å²) in [4.78, 5) is 14.3. The van der Waals surface area contributed by atoms with E-state index in [-0.39, 0.29) is 24.4 Å². The fraction of sp³-hybridized carbons (Fsp3) is 0.533. The first-order chi connectivity index (χ1) is 9.25. The Bertz CT molecular complexity index is 481. The maximum Gasteiger partial charge on any atom is 0.227 e. The van der Waals surface area contributed by atoms with E-state index in [1.54, 1.807) is 0 Å². The molecule has 2 N–H and O–H groups in total. The zero-order chi connectivity index (χ0) is 13.2. The Morgan fingerprint density at radius 1 is 1.35 bits per heavy atom. The van der Waals surface area contributed by atoms with E-state index >= 15 is 0 Å². The van der Waals surface area contributed by atoms with Crippen molar-refractivity contribution in [2.75, 3.05) is 18.1 Å². The van der Waals surface area contributed by atoms with Gasteiger partial charge in [0, 0.05) is 12.5 Å². The molecular weight excluding hydrogens is 276 g/mol. The average Bonchev–Trinajstić information content (AvgIpc) is 2.83. The third-order valence-electron chi connectivity index (χ3n) is 4.18. The average molecular weight is 297 g/mol. The second kappa shape index (κ2) is 6.46. The number of carbonyl (C=O) groups excluding carboxylic acids is 1. The van der Waals surface area contributed by atoms with Crippen molar-refractivity contribution in [1.29, 1.82) is 0 Å². The zero-order valence-electron chi connectivity index (χ0n) is 11.5. The standard InChI is InChI=1S/C15H20N2O2.ClH/c16-12-5-3-4-11(12)10-15(18)17-8-9-19-14-7-2-1-6-13(14)17;/h1-2,6-7,11-12H,3-5,8-10,16H2;1H/t11-,12+;/m0./s1. The molecule has 3 rings (SSSR count). The Kier molecular flexibility index (Phi) is 4.89. The van der Waals surface area contributed by atoms with Gasteiger partial charge in [-0.15, -0.1) is 12.4 Å². The molecule has 0 spiro atoms. The third-order valence-corrected chi connectivity index (χ3v) is 4.18. The van der Waals surface area contributed by atoms with Crippen LogP contribution < -0.4 is 15.4 Å². The first-order valence-electron chi connectivity index (χ1n) is 7.03. The van der Waals surface area contributed by atoms with Crippen molar-refractivity contribution in [2.45, 2.75) is 31.7 Å². The van der Waals surface area contributed by atoms with Crippen LogP contribution in [0.4, 0.5) is 5.69 Å². The number of nitrogens with two attached hydrogens (primary N) is 1. The highest BCUT2D eigenvalue weighted by molar-refractivity contribution is 5.95.